The maximum Gasteiger partial charge on any atom is 0.175 e. The minimum Gasteiger partial charge on any atom is -0.296 e. The standard InChI is InChI=1S/C16H10ClN3/c17-15-16-19-10-14(20(16)8-7-18-15)13-6-5-11-3-1-2-4-12(11)9-13/h1-10H. The monoisotopic (exact) mass is 279 g/mol. The number of hydrogen-bond acceptors (Lipinski definition) is 2. The van der Waals surface area contributed by atoms with Crippen molar-refractivity contribution in [1.82, 2.24) is 14.4 Å². The summed E-state index contributed by atoms with van der Waals surface area (Å²) in [5.74, 6) is 0. The van der Waals surface area contributed by atoms with Crippen molar-refractivity contribution in [3.63, 3.8) is 0 Å². The Balaban J connectivity index is 1.99. The van der Waals surface area contributed by atoms with Gasteiger partial charge in [-0.3, -0.25) is 4.40 Å². The van der Waals surface area contributed by atoms with Gasteiger partial charge in [0.15, 0.2) is 10.8 Å². The second kappa shape index (κ2) is 4.32. The number of hydrogen-bond donors (Lipinski definition) is 0. The first kappa shape index (κ1) is 11.4. The van der Waals surface area contributed by atoms with Crippen LogP contribution in [0.2, 0.25) is 5.15 Å². The van der Waals surface area contributed by atoms with Gasteiger partial charge < -0.3 is 0 Å². The highest BCUT2D eigenvalue weighted by molar-refractivity contribution is 6.32. The molecule has 0 fully saturated rings. The van der Waals surface area contributed by atoms with E-state index in [2.05, 4.69) is 40.3 Å². The minimum atomic E-state index is 0.416. The van der Waals surface area contributed by atoms with Crippen LogP contribution in [-0.4, -0.2) is 14.4 Å². The van der Waals surface area contributed by atoms with Crippen LogP contribution in [0.1, 0.15) is 0 Å². The highest BCUT2D eigenvalue weighted by Gasteiger charge is 2.09. The van der Waals surface area contributed by atoms with Gasteiger partial charge in [-0.1, -0.05) is 48.0 Å². The van der Waals surface area contributed by atoms with Crippen molar-refractivity contribution < 1.29 is 0 Å². The van der Waals surface area contributed by atoms with E-state index in [1.54, 1.807) is 6.20 Å². The molecule has 0 saturated heterocycles. The molecule has 3 nitrogen and oxygen atoms in total. The van der Waals surface area contributed by atoms with Crippen molar-refractivity contribution in [3.05, 3.63) is 66.2 Å². The molecule has 0 unspecified atom stereocenters. The van der Waals surface area contributed by atoms with Gasteiger partial charge in [0.2, 0.25) is 0 Å². The number of fused-ring (bicyclic) bond motifs is 2. The molecule has 4 heteroatoms. The number of aromatic nitrogens is 3. The maximum absolute atomic E-state index is 6.06. The van der Waals surface area contributed by atoms with Gasteiger partial charge in [0.25, 0.3) is 0 Å². The highest BCUT2D eigenvalue weighted by Crippen LogP contribution is 2.26. The minimum absolute atomic E-state index is 0.416. The Morgan fingerprint density at radius 2 is 1.80 bits per heavy atom. The first-order chi connectivity index (χ1) is 9.83. The third-order valence-corrected chi connectivity index (χ3v) is 3.70. The van der Waals surface area contributed by atoms with Crippen LogP contribution < -0.4 is 0 Å². The third-order valence-electron chi connectivity index (χ3n) is 3.43. The molecule has 0 aliphatic heterocycles. The van der Waals surface area contributed by atoms with Gasteiger partial charge in [-0.25, -0.2) is 9.97 Å². The Labute approximate surface area is 120 Å². The van der Waals surface area contributed by atoms with E-state index in [-0.39, 0.29) is 0 Å². The van der Waals surface area contributed by atoms with Crippen molar-refractivity contribution >= 4 is 28.0 Å². The molecule has 0 aliphatic rings. The fraction of sp³-hybridized carbons (Fsp3) is 0. The van der Waals surface area contributed by atoms with E-state index in [1.807, 2.05) is 28.9 Å². The number of imidazole rings is 1. The van der Waals surface area contributed by atoms with E-state index in [0.717, 1.165) is 11.3 Å². The van der Waals surface area contributed by atoms with Crippen LogP contribution in [0.5, 0.6) is 0 Å². The van der Waals surface area contributed by atoms with Gasteiger partial charge in [0.05, 0.1) is 11.9 Å². The van der Waals surface area contributed by atoms with E-state index >= 15 is 0 Å². The lowest BCUT2D eigenvalue weighted by atomic mass is 10.1. The summed E-state index contributed by atoms with van der Waals surface area (Å²) in [5, 5.41) is 2.85. The summed E-state index contributed by atoms with van der Waals surface area (Å²) in [6.07, 6.45) is 5.38. The third kappa shape index (κ3) is 1.67. The molecule has 0 N–H and O–H groups in total. The quantitative estimate of drug-likeness (QED) is 0.523. The molecular formula is C16H10ClN3. The Morgan fingerprint density at radius 1 is 0.950 bits per heavy atom. The van der Waals surface area contributed by atoms with E-state index in [1.165, 1.54) is 10.8 Å². The van der Waals surface area contributed by atoms with E-state index in [4.69, 9.17) is 11.6 Å². The summed E-state index contributed by atoms with van der Waals surface area (Å²) in [4.78, 5) is 8.39. The average Bonchev–Trinajstić information content (AvgIpc) is 2.92. The molecule has 0 radical (unpaired) electrons. The maximum atomic E-state index is 6.06. The smallest absolute Gasteiger partial charge is 0.175 e. The number of rotatable bonds is 1. The lowest BCUT2D eigenvalue weighted by Gasteiger charge is -2.04. The van der Waals surface area contributed by atoms with Gasteiger partial charge in [-0.2, -0.15) is 0 Å². The molecule has 4 rings (SSSR count). The number of halogens is 1. The molecule has 0 amide bonds. The van der Waals surface area contributed by atoms with E-state index in [9.17, 15) is 0 Å². The van der Waals surface area contributed by atoms with Gasteiger partial charge >= 0.3 is 0 Å². The molecule has 0 aliphatic carbocycles. The summed E-state index contributed by atoms with van der Waals surface area (Å²) in [7, 11) is 0. The predicted octanol–water partition coefficient (Wildman–Crippen LogP) is 4.20. The van der Waals surface area contributed by atoms with Crippen molar-refractivity contribution in [2.75, 3.05) is 0 Å². The first-order valence-electron chi connectivity index (χ1n) is 6.30. The van der Waals surface area contributed by atoms with Gasteiger partial charge in [-0.15, -0.1) is 0 Å². The molecule has 20 heavy (non-hydrogen) atoms. The van der Waals surface area contributed by atoms with Gasteiger partial charge in [0.1, 0.15) is 0 Å². The fourth-order valence-corrected chi connectivity index (χ4v) is 2.65. The predicted molar refractivity (Wildman–Crippen MR) is 80.9 cm³/mol. The Bertz CT molecular complexity index is 927. The zero-order valence-electron chi connectivity index (χ0n) is 10.5. The van der Waals surface area contributed by atoms with Crippen LogP contribution in [0.4, 0.5) is 0 Å². The number of benzene rings is 2. The van der Waals surface area contributed by atoms with E-state index in [0.29, 0.717) is 10.8 Å². The van der Waals surface area contributed by atoms with Crippen LogP contribution >= 0.6 is 11.6 Å². The van der Waals surface area contributed by atoms with Crippen molar-refractivity contribution in [2.45, 2.75) is 0 Å². The lowest BCUT2D eigenvalue weighted by molar-refractivity contribution is 1.13. The first-order valence-corrected chi connectivity index (χ1v) is 6.67. The fourth-order valence-electron chi connectivity index (χ4n) is 2.45. The molecule has 0 bridgehead atoms. The summed E-state index contributed by atoms with van der Waals surface area (Å²) in [6, 6.07) is 14.7. The summed E-state index contributed by atoms with van der Waals surface area (Å²) in [5.41, 5.74) is 2.80. The van der Waals surface area contributed by atoms with Crippen LogP contribution in [0.15, 0.2) is 61.1 Å². The lowest BCUT2D eigenvalue weighted by Crippen LogP contribution is -1.90. The molecule has 0 atom stereocenters. The Kier molecular flexibility index (Phi) is 2.47. The van der Waals surface area contributed by atoms with Crippen molar-refractivity contribution in [3.8, 4) is 11.3 Å². The molecule has 96 valence electrons. The van der Waals surface area contributed by atoms with Crippen LogP contribution in [0.25, 0.3) is 27.7 Å². The summed E-state index contributed by atoms with van der Waals surface area (Å²) in [6.45, 7) is 0. The normalized spacial score (nSPS) is 11.2. The summed E-state index contributed by atoms with van der Waals surface area (Å²) >= 11 is 6.06. The number of nitrogens with zero attached hydrogens (tertiary/aromatic N) is 3. The topological polar surface area (TPSA) is 30.2 Å². The van der Waals surface area contributed by atoms with Crippen LogP contribution in [0, 0.1) is 0 Å². The molecular weight excluding hydrogens is 270 g/mol. The molecule has 2 aromatic carbocycles. The molecule has 4 aromatic rings. The van der Waals surface area contributed by atoms with Crippen molar-refractivity contribution in [2.24, 2.45) is 0 Å². The zero-order valence-corrected chi connectivity index (χ0v) is 11.2. The highest BCUT2D eigenvalue weighted by atomic mass is 35.5. The molecule has 0 spiro atoms. The molecule has 0 saturated carbocycles. The second-order valence-corrected chi connectivity index (χ2v) is 4.98. The SMILES string of the molecule is Clc1nccn2c(-c3ccc4ccccc4c3)cnc12. The Hall–Kier alpha value is -2.39. The zero-order chi connectivity index (χ0) is 13.5. The van der Waals surface area contributed by atoms with Gasteiger partial charge in [-0.05, 0) is 16.8 Å². The second-order valence-electron chi connectivity index (χ2n) is 4.62. The average molecular weight is 280 g/mol. The van der Waals surface area contributed by atoms with Crippen LogP contribution in [0.3, 0.4) is 0 Å². The largest absolute Gasteiger partial charge is 0.296 e. The van der Waals surface area contributed by atoms with E-state index < -0.39 is 0 Å². The summed E-state index contributed by atoms with van der Waals surface area (Å²) < 4.78 is 1.96. The van der Waals surface area contributed by atoms with Gasteiger partial charge in [0, 0.05) is 18.0 Å². The molecule has 2 aromatic heterocycles. The Morgan fingerprint density at radius 3 is 2.70 bits per heavy atom. The van der Waals surface area contributed by atoms with Crippen molar-refractivity contribution in [1.29, 1.82) is 0 Å². The molecule has 2 heterocycles. The van der Waals surface area contributed by atoms with Crippen LogP contribution in [-0.2, 0) is 0 Å².